The minimum Gasteiger partial charge on any atom is -0.269 e. The topological polar surface area (TPSA) is 0 Å². The van der Waals surface area contributed by atoms with Crippen LogP contribution >= 0.6 is 22.6 Å². The standard InChI is InChI=1S/C4F9I.FH/c5-1(6,3(9,10)11)2(7,8)4(12,13)14;/h;1H. The zero-order valence-electron chi connectivity index (χ0n) is 6.19. The Morgan fingerprint density at radius 3 is 0.933 bits per heavy atom. The van der Waals surface area contributed by atoms with Gasteiger partial charge < -0.3 is 0 Å². The Morgan fingerprint density at radius 1 is 0.600 bits per heavy atom. The van der Waals surface area contributed by atoms with Crippen LogP contribution in [-0.4, -0.2) is 22.0 Å². The second-order valence-electron chi connectivity index (χ2n) is 2.14. The Balaban J connectivity index is 0. The molecule has 94 valence electrons. The van der Waals surface area contributed by atoms with Crippen LogP contribution < -0.4 is 0 Å². The van der Waals surface area contributed by atoms with Gasteiger partial charge in [-0.2, -0.15) is 39.5 Å². The van der Waals surface area contributed by atoms with Gasteiger partial charge in [-0.25, -0.2) is 0 Å². The van der Waals surface area contributed by atoms with E-state index in [1.54, 1.807) is 0 Å². The Bertz CT molecular complexity index is 186. The monoisotopic (exact) mass is 366 g/mol. The molecule has 0 radical (unpaired) electrons. The average molecular weight is 366 g/mol. The molecule has 0 aliphatic heterocycles. The smallest absolute Gasteiger partial charge is 0.269 e. The maximum absolute atomic E-state index is 12.0. The molecular weight excluding hydrogens is 365 g/mol. The molecule has 15 heavy (non-hydrogen) atoms. The summed E-state index contributed by atoms with van der Waals surface area (Å²) in [7, 11) is 0. The van der Waals surface area contributed by atoms with Crippen molar-refractivity contribution >= 4 is 22.6 Å². The summed E-state index contributed by atoms with van der Waals surface area (Å²) in [5.74, 6) is -13.3. The van der Waals surface area contributed by atoms with Crippen LogP contribution in [-0.2, 0) is 0 Å². The molecule has 0 aromatic rings. The zero-order valence-corrected chi connectivity index (χ0v) is 8.35. The first-order valence-corrected chi connectivity index (χ1v) is 3.72. The highest BCUT2D eigenvalue weighted by molar-refractivity contribution is 14.1. The second kappa shape index (κ2) is 4.13. The highest BCUT2D eigenvalue weighted by Crippen LogP contribution is 2.55. The molecule has 0 aliphatic carbocycles. The van der Waals surface area contributed by atoms with Crippen LogP contribution in [0.5, 0.6) is 0 Å². The quantitative estimate of drug-likeness (QED) is 0.394. The molecule has 0 bridgehead atoms. The lowest BCUT2D eigenvalue weighted by Crippen LogP contribution is -2.58. The molecule has 0 saturated heterocycles. The lowest BCUT2D eigenvalue weighted by atomic mass is 10.2. The lowest BCUT2D eigenvalue weighted by Gasteiger charge is -2.30. The number of hydrogen-bond donors (Lipinski definition) is 0. The van der Waals surface area contributed by atoms with E-state index >= 15 is 0 Å². The molecule has 0 atom stereocenters. The van der Waals surface area contributed by atoms with E-state index < -0.39 is 44.5 Å². The minimum absolute atomic E-state index is 0. The van der Waals surface area contributed by atoms with Crippen molar-refractivity contribution in [2.75, 3.05) is 0 Å². The summed E-state index contributed by atoms with van der Waals surface area (Å²) in [6.45, 7) is 0. The molecule has 0 N–H and O–H groups in total. The number of rotatable bonds is 2. The molecule has 0 saturated carbocycles. The third-order valence-electron chi connectivity index (χ3n) is 1.11. The van der Waals surface area contributed by atoms with Crippen molar-refractivity contribution in [1.29, 1.82) is 0 Å². The van der Waals surface area contributed by atoms with Crippen molar-refractivity contribution in [2.24, 2.45) is 0 Å². The van der Waals surface area contributed by atoms with E-state index in [1.165, 1.54) is 0 Å². The largest absolute Gasteiger partial charge is 0.460 e. The van der Waals surface area contributed by atoms with Gasteiger partial charge in [-0.05, 0) is 0 Å². The lowest BCUT2D eigenvalue weighted by molar-refractivity contribution is -0.378. The summed E-state index contributed by atoms with van der Waals surface area (Å²) in [5, 5.41) is 0. The van der Waals surface area contributed by atoms with Crippen LogP contribution in [0.25, 0.3) is 0 Å². The van der Waals surface area contributed by atoms with Gasteiger partial charge in [0.15, 0.2) is 0 Å². The fraction of sp³-hybridized carbons (Fsp3) is 1.00. The maximum Gasteiger partial charge on any atom is 0.460 e. The minimum atomic E-state index is -6.77. The van der Waals surface area contributed by atoms with E-state index in [2.05, 4.69) is 0 Å². The fourth-order valence-corrected chi connectivity index (χ4v) is 0.695. The van der Waals surface area contributed by atoms with E-state index in [4.69, 9.17) is 0 Å². The van der Waals surface area contributed by atoms with Crippen molar-refractivity contribution in [1.82, 2.24) is 0 Å². The Kier molecular flexibility index (Phi) is 4.79. The van der Waals surface area contributed by atoms with E-state index in [9.17, 15) is 39.5 Å². The third kappa shape index (κ3) is 2.78. The fourth-order valence-electron chi connectivity index (χ4n) is 0.356. The highest BCUT2D eigenvalue weighted by Gasteiger charge is 2.81. The summed E-state index contributed by atoms with van der Waals surface area (Å²) < 4.78 is 99.6. The molecular formula is C4HF10I. The van der Waals surface area contributed by atoms with Crippen LogP contribution in [0.2, 0.25) is 0 Å². The van der Waals surface area contributed by atoms with E-state index in [0.717, 1.165) is 0 Å². The Hall–Kier alpha value is 0.0300. The van der Waals surface area contributed by atoms with Gasteiger partial charge in [0.05, 0.1) is 0 Å². The average Bonchev–Trinajstić information content (AvgIpc) is 1.81. The van der Waals surface area contributed by atoms with Gasteiger partial charge in [0.1, 0.15) is 0 Å². The number of hydrogen-bond acceptors (Lipinski definition) is 0. The van der Waals surface area contributed by atoms with Gasteiger partial charge in [0.25, 0.3) is 0 Å². The van der Waals surface area contributed by atoms with Gasteiger partial charge in [-0.15, -0.1) is 0 Å². The molecule has 0 amide bonds. The second-order valence-corrected chi connectivity index (χ2v) is 3.50. The van der Waals surface area contributed by atoms with E-state index in [1.807, 2.05) is 0 Å². The molecule has 0 fully saturated rings. The van der Waals surface area contributed by atoms with Crippen LogP contribution in [0.1, 0.15) is 0 Å². The van der Waals surface area contributed by atoms with Crippen molar-refractivity contribution in [3.05, 3.63) is 0 Å². The van der Waals surface area contributed by atoms with Crippen molar-refractivity contribution in [2.45, 2.75) is 22.0 Å². The van der Waals surface area contributed by atoms with Gasteiger partial charge in [0, 0.05) is 22.6 Å². The first-order chi connectivity index (χ1) is 5.75. The summed E-state index contributed by atoms with van der Waals surface area (Å²) in [6, 6.07) is 0. The molecule has 0 rings (SSSR count). The molecule has 0 aromatic heterocycles. The van der Waals surface area contributed by atoms with Crippen LogP contribution in [0, 0.1) is 0 Å². The zero-order chi connectivity index (χ0) is 12.0. The predicted octanol–water partition coefficient (Wildman–Crippen LogP) is 4.00. The summed E-state index contributed by atoms with van der Waals surface area (Å²) in [5.41, 5.74) is 0. The van der Waals surface area contributed by atoms with Crippen LogP contribution in [0.3, 0.4) is 0 Å². The van der Waals surface area contributed by atoms with Crippen LogP contribution in [0.4, 0.5) is 44.2 Å². The molecule has 0 unspecified atom stereocenters. The van der Waals surface area contributed by atoms with Gasteiger partial charge in [-0.1, -0.05) is 0 Å². The molecule has 0 nitrogen and oxygen atoms in total. The molecule has 0 heterocycles. The summed E-state index contributed by atoms with van der Waals surface area (Å²) >= 11 is -0.479. The number of alkyl halides is 10. The Morgan fingerprint density at radius 2 is 0.867 bits per heavy atom. The van der Waals surface area contributed by atoms with Gasteiger partial charge in [0.2, 0.25) is 0 Å². The van der Waals surface area contributed by atoms with Crippen molar-refractivity contribution in [3.8, 4) is 0 Å². The third-order valence-corrected chi connectivity index (χ3v) is 1.78. The summed E-state index contributed by atoms with van der Waals surface area (Å²) in [6.07, 6.45) is -6.73. The van der Waals surface area contributed by atoms with Crippen LogP contribution in [0.15, 0.2) is 0 Å². The van der Waals surface area contributed by atoms with Crippen molar-refractivity contribution < 1.29 is 44.2 Å². The summed E-state index contributed by atoms with van der Waals surface area (Å²) in [4.78, 5) is 0. The van der Waals surface area contributed by atoms with E-state index in [0.29, 0.717) is 0 Å². The van der Waals surface area contributed by atoms with Crippen molar-refractivity contribution in [3.63, 3.8) is 0 Å². The highest BCUT2D eigenvalue weighted by atomic mass is 127. The first kappa shape index (κ1) is 17.4. The van der Waals surface area contributed by atoms with Gasteiger partial charge in [-0.3, -0.25) is 4.70 Å². The SMILES string of the molecule is F.FC(F)(F)C(F)(F)C(F)(F)C(F)(F)I. The van der Waals surface area contributed by atoms with E-state index in [-0.39, 0.29) is 4.70 Å². The molecule has 11 heteroatoms. The normalized spacial score (nSPS) is 14.8. The molecule has 0 aliphatic rings. The predicted molar refractivity (Wildman–Crippen MR) is 37.4 cm³/mol. The maximum atomic E-state index is 12.0. The van der Waals surface area contributed by atoms with Gasteiger partial charge >= 0.3 is 22.0 Å². The Labute approximate surface area is 89.3 Å². The molecule has 0 spiro atoms. The number of halogens is 11. The molecule has 0 aromatic carbocycles. The first-order valence-electron chi connectivity index (χ1n) is 2.64.